The minimum Gasteiger partial charge on any atom is -0.358 e. The van der Waals surface area contributed by atoms with Gasteiger partial charge in [0.1, 0.15) is 15.7 Å². The lowest BCUT2D eigenvalue weighted by molar-refractivity contribution is 0.601. The van der Waals surface area contributed by atoms with Gasteiger partial charge in [-0.15, -0.1) is 0 Å². The van der Waals surface area contributed by atoms with Crippen molar-refractivity contribution in [1.29, 1.82) is 0 Å². The molecule has 1 aromatic heterocycles. The summed E-state index contributed by atoms with van der Waals surface area (Å²) in [6.45, 7) is 0.392. The van der Waals surface area contributed by atoms with Crippen molar-refractivity contribution in [3.8, 4) is 0 Å². The summed E-state index contributed by atoms with van der Waals surface area (Å²) in [4.78, 5) is 10.6. The lowest BCUT2D eigenvalue weighted by Crippen LogP contribution is -2.26. The highest BCUT2D eigenvalue weighted by atomic mass is 32.2. The summed E-state index contributed by atoms with van der Waals surface area (Å²) in [5, 5.41) is 3.82. The van der Waals surface area contributed by atoms with E-state index in [0.717, 1.165) is 16.7 Å². The molecule has 0 saturated carbocycles. The van der Waals surface area contributed by atoms with Crippen LogP contribution in [-0.2, 0) is 9.84 Å². The Bertz CT molecular complexity index is 715. The smallest absolute Gasteiger partial charge is 0.224 e. The Kier molecular flexibility index (Phi) is 4.08. The van der Waals surface area contributed by atoms with Crippen LogP contribution in [0.15, 0.2) is 24.3 Å². The molecule has 20 heavy (non-hydrogen) atoms. The molecule has 1 aromatic carbocycles. The molecule has 2 rings (SSSR count). The van der Waals surface area contributed by atoms with Gasteiger partial charge in [-0.25, -0.2) is 13.4 Å². The number of nitrogens with zero attached hydrogens (tertiary/aromatic N) is 3. The molecule has 0 aliphatic rings. The van der Waals surface area contributed by atoms with Crippen LogP contribution in [0.25, 0.3) is 10.9 Å². The third-order valence-electron chi connectivity index (χ3n) is 2.97. The van der Waals surface area contributed by atoms with E-state index in [1.165, 1.54) is 6.26 Å². The van der Waals surface area contributed by atoms with Crippen LogP contribution in [0.2, 0.25) is 0 Å². The molecule has 108 valence electrons. The zero-order valence-corrected chi connectivity index (χ0v) is 12.6. The standard InChI is InChI=1S/C13H18N4O2S/c1-14-13-15-11-7-5-4-6-10(11)12(16-13)17(2)8-9-20(3,18)19/h4-7H,8-9H2,1-3H3,(H,14,15,16). The van der Waals surface area contributed by atoms with Crippen LogP contribution in [-0.4, -0.2) is 51.0 Å². The first kappa shape index (κ1) is 14.5. The number of para-hydroxylation sites is 1. The lowest BCUT2D eigenvalue weighted by Gasteiger charge is -2.20. The van der Waals surface area contributed by atoms with Gasteiger partial charge in [-0.05, 0) is 12.1 Å². The minimum absolute atomic E-state index is 0.0940. The predicted octanol–water partition coefficient (Wildman–Crippen LogP) is 1.15. The van der Waals surface area contributed by atoms with Gasteiger partial charge in [0.2, 0.25) is 5.95 Å². The van der Waals surface area contributed by atoms with E-state index in [4.69, 9.17) is 0 Å². The molecule has 0 spiro atoms. The van der Waals surface area contributed by atoms with E-state index in [9.17, 15) is 8.42 Å². The molecule has 0 fully saturated rings. The number of hydrogen-bond acceptors (Lipinski definition) is 6. The molecule has 0 unspecified atom stereocenters. The van der Waals surface area contributed by atoms with Gasteiger partial charge in [0, 0.05) is 32.3 Å². The fraction of sp³-hybridized carbons (Fsp3) is 0.385. The first-order chi connectivity index (χ1) is 9.40. The van der Waals surface area contributed by atoms with Crippen molar-refractivity contribution in [3.05, 3.63) is 24.3 Å². The minimum atomic E-state index is -3.00. The predicted molar refractivity (Wildman–Crippen MR) is 82.1 cm³/mol. The molecule has 0 saturated heterocycles. The van der Waals surface area contributed by atoms with Gasteiger partial charge in [0.15, 0.2) is 0 Å². The van der Waals surface area contributed by atoms with Crippen LogP contribution >= 0.6 is 0 Å². The summed E-state index contributed by atoms with van der Waals surface area (Å²) in [6, 6.07) is 7.67. The SMILES string of the molecule is CNc1nc(N(C)CCS(C)(=O)=O)c2ccccc2n1. The fourth-order valence-electron chi connectivity index (χ4n) is 1.87. The molecule has 0 atom stereocenters. The number of hydrogen-bond donors (Lipinski definition) is 1. The molecular weight excluding hydrogens is 276 g/mol. The molecule has 2 aromatic rings. The Balaban J connectivity index is 2.41. The Morgan fingerprint density at radius 3 is 2.60 bits per heavy atom. The van der Waals surface area contributed by atoms with Crippen molar-refractivity contribution < 1.29 is 8.42 Å². The zero-order chi connectivity index (χ0) is 14.8. The molecule has 0 radical (unpaired) electrons. The van der Waals surface area contributed by atoms with Crippen LogP contribution in [0, 0.1) is 0 Å². The van der Waals surface area contributed by atoms with E-state index in [-0.39, 0.29) is 5.75 Å². The molecule has 0 amide bonds. The monoisotopic (exact) mass is 294 g/mol. The van der Waals surface area contributed by atoms with Crippen molar-refractivity contribution in [2.75, 3.05) is 42.9 Å². The van der Waals surface area contributed by atoms with Crippen LogP contribution < -0.4 is 10.2 Å². The molecule has 1 N–H and O–H groups in total. The topological polar surface area (TPSA) is 75.2 Å². The van der Waals surface area contributed by atoms with Crippen molar-refractivity contribution in [2.24, 2.45) is 0 Å². The van der Waals surface area contributed by atoms with Gasteiger partial charge in [-0.3, -0.25) is 0 Å². The van der Waals surface area contributed by atoms with Crippen molar-refractivity contribution in [2.45, 2.75) is 0 Å². The third kappa shape index (κ3) is 3.36. The summed E-state index contributed by atoms with van der Waals surface area (Å²) in [6.07, 6.45) is 1.23. The first-order valence-electron chi connectivity index (χ1n) is 6.24. The fourth-order valence-corrected chi connectivity index (χ4v) is 2.48. The van der Waals surface area contributed by atoms with Crippen LogP contribution in [0.5, 0.6) is 0 Å². The maximum absolute atomic E-state index is 11.3. The second kappa shape index (κ2) is 5.62. The summed E-state index contributed by atoms with van der Waals surface area (Å²) < 4.78 is 22.6. The van der Waals surface area contributed by atoms with E-state index >= 15 is 0 Å². The zero-order valence-electron chi connectivity index (χ0n) is 11.8. The Morgan fingerprint density at radius 2 is 1.95 bits per heavy atom. The second-order valence-electron chi connectivity index (χ2n) is 4.69. The second-order valence-corrected chi connectivity index (χ2v) is 6.95. The number of rotatable bonds is 5. The van der Waals surface area contributed by atoms with Gasteiger partial charge < -0.3 is 10.2 Å². The summed E-state index contributed by atoms with van der Waals surface area (Å²) in [7, 11) is 0.590. The average Bonchev–Trinajstić information content (AvgIpc) is 2.42. The van der Waals surface area contributed by atoms with E-state index < -0.39 is 9.84 Å². The first-order valence-corrected chi connectivity index (χ1v) is 8.30. The van der Waals surface area contributed by atoms with Crippen LogP contribution in [0.4, 0.5) is 11.8 Å². The molecule has 7 heteroatoms. The normalized spacial score (nSPS) is 11.6. The quantitative estimate of drug-likeness (QED) is 0.891. The van der Waals surface area contributed by atoms with Crippen molar-refractivity contribution in [3.63, 3.8) is 0 Å². The largest absolute Gasteiger partial charge is 0.358 e. The maximum atomic E-state index is 11.3. The highest BCUT2D eigenvalue weighted by molar-refractivity contribution is 7.90. The van der Waals surface area contributed by atoms with E-state index in [0.29, 0.717) is 12.5 Å². The third-order valence-corrected chi connectivity index (χ3v) is 3.89. The Morgan fingerprint density at radius 1 is 1.25 bits per heavy atom. The number of nitrogens with one attached hydrogen (secondary N) is 1. The van der Waals surface area contributed by atoms with Crippen LogP contribution in [0.3, 0.4) is 0 Å². The molecule has 1 heterocycles. The number of fused-ring (bicyclic) bond motifs is 1. The molecule has 0 aliphatic heterocycles. The Hall–Kier alpha value is -1.89. The van der Waals surface area contributed by atoms with Crippen molar-refractivity contribution in [1.82, 2.24) is 9.97 Å². The van der Waals surface area contributed by atoms with E-state index in [1.54, 1.807) is 7.05 Å². The summed E-state index contributed by atoms with van der Waals surface area (Å²) >= 11 is 0. The van der Waals surface area contributed by atoms with E-state index in [1.807, 2.05) is 36.2 Å². The van der Waals surface area contributed by atoms with Gasteiger partial charge in [0.05, 0.1) is 11.3 Å². The molecular formula is C13H18N4O2S. The number of sulfone groups is 1. The maximum Gasteiger partial charge on any atom is 0.224 e. The number of aromatic nitrogens is 2. The van der Waals surface area contributed by atoms with Crippen molar-refractivity contribution >= 4 is 32.5 Å². The molecule has 0 aliphatic carbocycles. The summed E-state index contributed by atoms with van der Waals surface area (Å²) in [5.41, 5.74) is 0.827. The average molecular weight is 294 g/mol. The highest BCUT2D eigenvalue weighted by Gasteiger charge is 2.12. The van der Waals surface area contributed by atoms with Crippen LogP contribution in [0.1, 0.15) is 0 Å². The number of benzene rings is 1. The van der Waals surface area contributed by atoms with E-state index in [2.05, 4.69) is 15.3 Å². The summed E-state index contributed by atoms with van der Waals surface area (Å²) in [5.74, 6) is 1.34. The highest BCUT2D eigenvalue weighted by Crippen LogP contribution is 2.24. The lowest BCUT2D eigenvalue weighted by atomic mass is 10.2. The van der Waals surface area contributed by atoms with Gasteiger partial charge in [-0.2, -0.15) is 4.98 Å². The molecule has 0 bridgehead atoms. The van der Waals surface area contributed by atoms with Gasteiger partial charge in [-0.1, -0.05) is 12.1 Å². The number of anilines is 2. The molecule has 6 nitrogen and oxygen atoms in total. The van der Waals surface area contributed by atoms with Gasteiger partial charge in [0.25, 0.3) is 0 Å². The Labute approximate surface area is 118 Å². The van der Waals surface area contributed by atoms with Gasteiger partial charge >= 0.3 is 0 Å².